The van der Waals surface area contributed by atoms with E-state index in [1.165, 1.54) is 0 Å². The summed E-state index contributed by atoms with van der Waals surface area (Å²) >= 11 is 0. The van der Waals surface area contributed by atoms with Crippen LogP contribution in [-0.2, 0) is 22.7 Å². The van der Waals surface area contributed by atoms with Crippen LogP contribution in [0.1, 0.15) is 5.56 Å². The summed E-state index contributed by atoms with van der Waals surface area (Å²) in [7, 11) is 1.64. The Morgan fingerprint density at radius 2 is 1.44 bits per heavy atom. The lowest BCUT2D eigenvalue weighted by molar-refractivity contribution is -0.145. The minimum atomic E-state index is -0.362. The molecule has 0 aliphatic carbocycles. The van der Waals surface area contributed by atoms with Gasteiger partial charge in [0, 0.05) is 10.8 Å². The first kappa shape index (κ1) is 19.8. The van der Waals surface area contributed by atoms with Gasteiger partial charge in [0.1, 0.15) is 18.9 Å². The van der Waals surface area contributed by atoms with E-state index in [4.69, 9.17) is 9.47 Å². The maximum absolute atomic E-state index is 12.8. The van der Waals surface area contributed by atoms with Gasteiger partial charge in [-0.15, -0.1) is 0 Å². The molecule has 5 heteroatoms. The maximum atomic E-state index is 12.8. The van der Waals surface area contributed by atoms with Gasteiger partial charge in [0.25, 0.3) is 0 Å². The van der Waals surface area contributed by atoms with Gasteiger partial charge in [-0.05, 0) is 58.8 Å². The average molecular weight is 423 g/mol. The number of aromatic nitrogens is 1. The number of carbonyl (C=O) groups excluding carboxylic acids is 1. The fourth-order valence-electron chi connectivity index (χ4n) is 4.08. The Bertz CT molecular complexity index is 1470. The van der Waals surface area contributed by atoms with Gasteiger partial charge in [0.2, 0.25) is 0 Å². The highest BCUT2D eigenvalue weighted by molar-refractivity contribution is 5.94. The Labute approximate surface area is 184 Å². The lowest BCUT2D eigenvalue weighted by atomic mass is 10.1. The molecule has 0 N–H and O–H groups in total. The Morgan fingerprint density at radius 3 is 2.12 bits per heavy atom. The summed E-state index contributed by atoms with van der Waals surface area (Å²) in [6.45, 7) is 0.197. The third-order valence-corrected chi connectivity index (χ3v) is 5.68. The second kappa shape index (κ2) is 8.19. The zero-order valence-electron chi connectivity index (χ0n) is 17.6. The molecule has 0 unspecified atom stereocenters. The predicted octanol–water partition coefficient (Wildman–Crippen LogP) is 5.06. The van der Waals surface area contributed by atoms with Crippen molar-refractivity contribution in [3.05, 3.63) is 101 Å². The first-order chi connectivity index (χ1) is 15.6. The van der Waals surface area contributed by atoms with Crippen LogP contribution in [-0.4, -0.2) is 17.6 Å². The molecular weight excluding hydrogens is 402 g/mol. The zero-order chi connectivity index (χ0) is 22.1. The van der Waals surface area contributed by atoms with Crippen LogP contribution >= 0.6 is 0 Å². The van der Waals surface area contributed by atoms with Crippen molar-refractivity contribution < 1.29 is 14.3 Å². The maximum Gasteiger partial charge on any atom is 0.326 e. The zero-order valence-corrected chi connectivity index (χ0v) is 17.6. The van der Waals surface area contributed by atoms with E-state index in [-0.39, 0.29) is 24.5 Å². The molecule has 158 valence electrons. The smallest absolute Gasteiger partial charge is 0.326 e. The number of benzene rings is 4. The number of esters is 1. The summed E-state index contributed by atoms with van der Waals surface area (Å²) in [5.74, 6) is 0.441. The summed E-state index contributed by atoms with van der Waals surface area (Å²) < 4.78 is 12.7. The van der Waals surface area contributed by atoms with Crippen LogP contribution in [0.15, 0.2) is 89.7 Å². The van der Waals surface area contributed by atoms with Crippen LogP contribution in [0.2, 0.25) is 0 Å². The van der Waals surface area contributed by atoms with Gasteiger partial charge < -0.3 is 14.0 Å². The molecule has 5 rings (SSSR count). The van der Waals surface area contributed by atoms with Crippen molar-refractivity contribution in [2.75, 3.05) is 7.11 Å². The Morgan fingerprint density at radius 1 is 0.812 bits per heavy atom. The van der Waals surface area contributed by atoms with E-state index in [0.29, 0.717) is 21.8 Å². The highest BCUT2D eigenvalue weighted by atomic mass is 16.5. The third kappa shape index (κ3) is 3.58. The largest absolute Gasteiger partial charge is 0.497 e. The monoisotopic (exact) mass is 423 g/mol. The number of para-hydroxylation sites is 2. The molecular formula is C27H21NO4. The molecule has 0 aliphatic heterocycles. The van der Waals surface area contributed by atoms with Crippen LogP contribution < -0.4 is 10.2 Å². The lowest BCUT2D eigenvalue weighted by Crippen LogP contribution is -2.18. The number of methoxy groups -OCH3 is 1. The molecule has 0 saturated heterocycles. The van der Waals surface area contributed by atoms with Crippen LogP contribution in [0, 0.1) is 0 Å². The molecule has 5 aromatic rings. The molecule has 1 heterocycles. The molecule has 0 fully saturated rings. The van der Waals surface area contributed by atoms with E-state index in [1.54, 1.807) is 19.2 Å². The standard InChI is InChI=1S/C27H21NO4/c1-31-21-13-12-19-14-18(10-11-20(19)15-21)17-32-26(29)16-28-24-8-4-2-6-22(24)27(30)23-7-3-5-9-25(23)28/h2-15H,16-17H2,1H3. The van der Waals surface area contributed by atoms with Crippen molar-refractivity contribution in [3.63, 3.8) is 0 Å². The number of rotatable bonds is 5. The molecule has 4 aromatic carbocycles. The molecule has 0 bridgehead atoms. The Balaban J connectivity index is 1.41. The highest BCUT2D eigenvalue weighted by Gasteiger charge is 2.13. The average Bonchev–Trinajstić information content (AvgIpc) is 2.85. The van der Waals surface area contributed by atoms with E-state index in [1.807, 2.05) is 77.4 Å². The van der Waals surface area contributed by atoms with Crippen molar-refractivity contribution in [3.8, 4) is 5.75 Å². The Kier molecular flexibility index (Phi) is 5.07. The molecule has 0 amide bonds. The summed E-state index contributed by atoms with van der Waals surface area (Å²) in [5, 5.41) is 3.29. The summed E-state index contributed by atoms with van der Waals surface area (Å²) in [6, 6.07) is 26.5. The van der Waals surface area contributed by atoms with E-state index in [0.717, 1.165) is 22.1 Å². The van der Waals surface area contributed by atoms with Gasteiger partial charge in [0.15, 0.2) is 5.43 Å². The molecule has 0 atom stereocenters. The molecule has 0 aliphatic rings. The van der Waals surface area contributed by atoms with Crippen LogP contribution in [0.4, 0.5) is 0 Å². The minimum absolute atomic E-state index is 0.0199. The molecule has 0 saturated carbocycles. The van der Waals surface area contributed by atoms with E-state index < -0.39 is 0 Å². The van der Waals surface area contributed by atoms with Crippen LogP contribution in [0.5, 0.6) is 5.75 Å². The van der Waals surface area contributed by atoms with Crippen molar-refractivity contribution in [2.24, 2.45) is 0 Å². The fourth-order valence-corrected chi connectivity index (χ4v) is 4.08. The number of hydrogen-bond acceptors (Lipinski definition) is 4. The predicted molar refractivity (Wildman–Crippen MR) is 126 cm³/mol. The van der Waals surface area contributed by atoms with Crippen LogP contribution in [0.25, 0.3) is 32.6 Å². The normalized spacial score (nSPS) is 11.2. The summed E-state index contributed by atoms with van der Waals surface area (Å²) in [5.41, 5.74) is 2.31. The molecule has 0 spiro atoms. The number of nitrogens with zero attached hydrogens (tertiary/aromatic N) is 1. The molecule has 0 radical (unpaired) electrons. The van der Waals surface area contributed by atoms with Gasteiger partial charge >= 0.3 is 5.97 Å². The van der Waals surface area contributed by atoms with Crippen molar-refractivity contribution in [1.82, 2.24) is 4.57 Å². The van der Waals surface area contributed by atoms with E-state index in [9.17, 15) is 9.59 Å². The number of ether oxygens (including phenoxy) is 2. The number of fused-ring (bicyclic) bond motifs is 3. The number of carbonyl (C=O) groups is 1. The minimum Gasteiger partial charge on any atom is -0.497 e. The van der Waals surface area contributed by atoms with Crippen molar-refractivity contribution in [2.45, 2.75) is 13.2 Å². The number of hydrogen-bond donors (Lipinski definition) is 0. The van der Waals surface area contributed by atoms with E-state index in [2.05, 4.69) is 0 Å². The van der Waals surface area contributed by atoms with Gasteiger partial charge in [-0.3, -0.25) is 9.59 Å². The first-order valence-corrected chi connectivity index (χ1v) is 10.4. The molecule has 1 aromatic heterocycles. The van der Waals surface area contributed by atoms with Gasteiger partial charge in [-0.25, -0.2) is 0 Å². The Hall–Kier alpha value is -4.12. The fraction of sp³-hybridized carbons (Fsp3) is 0.111. The second-order valence-electron chi connectivity index (χ2n) is 7.66. The van der Waals surface area contributed by atoms with Gasteiger partial charge in [0.05, 0.1) is 18.1 Å². The van der Waals surface area contributed by atoms with Gasteiger partial charge in [-0.2, -0.15) is 0 Å². The van der Waals surface area contributed by atoms with Gasteiger partial charge in [-0.1, -0.05) is 42.5 Å². The van der Waals surface area contributed by atoms with Crippen molar-refractivity contribution >= 4 is 38.5 Å². The van der Waals surface area contributed by atoms with Crippen molar-refractivity contribution in [1.29, 1.82) is 0 Å². The quantitative estimate of drug-likeness (QED) is 0.293. The lowest BCUT2D eigenvalue weighted by Gasteiger charge is -2.15. The first-order valence-electron chi connectivity index (χ1n) is 10.4. The second-order valence-corrected chi connectivity index (χ2v) is 7.66. The summed E-state index contributed by atoms with van der Waals surface area (Å²) in [4.78, 5) is 25.6. The van der Waals surface area contributed by atoms with E-state index >= 15 is 0 Å². The SMILES string of the molecule is COc1ccc2cc(COC(=O)Cn3c4ccccc4c(=O)c4ccccc43)ccc2c1. The summed E-state index contributed by atoms with van der Waals surface area (Å²) in [6.07, 6.45) is 0. The molecule has 5 nitrogen and oxygen atoms in total. The third-order valence-electron chi connectivity index (χ3n) is 5.68. The topological polar surface area (TPSA) is 57.5 Å². The number of pyridine rings is 1. The van der Waals surface area contributed by atoms with Crippen LogP contribution in [0.3, 0.4) is 0 Å². The molecule has 32 heavy (non-hydrogen) atoms. The highest BCUT2D eigenvalue weighted by Crippen LogP contribution is 2.23.